The van der Waals surface area contributed by atoms with Gasteiger partial charge in [0.15, 0.2) is 0 Å². The van der Waals surface area contributed by atoms with Gasteiger partial charge in [0.2, 0.25) is 70.9 Å². The Kier molecular flexibility index (Phi) is 32.5. The summed E-state index contributed by atoms with van der Waals surface area (Å²) in [5, 5.41) is 12.0. The molecule has 2 heterocycles. The number of carbonyl (C=O) groups excluding carboxylic acids is 12. The van der Waals surface area contributed by atoms with Crippen molar-refractivity contribution in [2.24, 2.45) is 47.3 Å². The Bertz CT molecular complexity index is 2760. The first-order valence-electron chi connectivity index (χ1n) is 36.9. The molecule has 5 rings (SSSR count). The number of amides is 12. The lowest BCUT2D eigenvalue weighted by Gasteiger charge is -2.40. The van der Waals surface area contributed by atoms with Crippen LogP contribution >= 0.6 is 22.6 Å². The Hall–Kier alpha value is -5.63. The topological polar surface area (TPSA) is 279 Å². The van der Waals surface area contributed by atoms with Gasteiger partial charge in [-0.25, -0.2) is 0 Å². The first-order chi connectivity index (χ1) is 46.0. The summed E-state index contributed by atoms with van der Waals surface area (Å²) in [5.74, 6) is -7.01. The van der Waals surface area contributed by atoms with Crippen molar-refractivity contribution in [2.75, 3.05) is 82.1 Å². The third kappa shape index (κ3) is 23.5. The number of likely N-dealkylation sites (tertiary alicyclic amines) is 1. The highest BCUT2D eigenvalue weighted by Gasteiger charge is 2.45. The van der Waals surface area contributed by atoms with Crippen molar-refractivity contribution in [3.8, 4) is 0 Å². The molecule has 0 aromatic heterocycles. The van der Waals surface area contributed by atoms with E-state index in [-0.39, 0.29) is 61.2 Å². The highest BCUT2D eigenvalue weighted by molar-refractivity contribution is 14.1. The molecule has 4 N–H and O–H groups in total. The Labute approximate surface area is 599 Å². The van der Waals surface area contributed by atoms with Gasteiger partial charge in [0.1, 0.15) is 47.8 Å². The van der Waals surface area contributed by atoms with Crippen LogP contribution in [0, 0.1) is 47.3 Å². The molecule has 0 spiro atoms. The Balaban J connectivity index is 1.62. The number of rotatable bonds is 13. The van der Waals surface area contributed by atoms with Gasteiger partial charge in [-0.2, -0.15) is 0 Å². The van der Waals surface area contributed by atoms with Crippen molar-refractivity contribution in [3.05, 3.63) is 0 Å². The molecule has 12 atom stereocenters. The molecule has 24 nitrogen and oxygen atoms in total. The summed E-state index contributed by atoms with van der Waals surface area (Å²) in [6, 6.07) is -8.27. The van der Waals surface area contributed by atoms with Crippen molar-refractivity contribution in [1.29, 1.82) is 0 Å². The molecule has 25 heteroatoms. The molecule has 0 bridgehead atoms. The van der Waals surface area contributed by atoms with Crippen LogP contribution in [0.3, 0.4) is 0 Å². The number of carbonyl (C=O) groups is 12. The SMILES string of the molecule is CC[C@H](C)[C@@H]1NC(=O)[C@H](CC(C)C)N(C)C(=O)C[C@@H](C(=O)N2CCCCC2)N(C)C(=O)[C@H](CC(C)C)NC(=O)C(C)(C)N(C)C(=O)[C@H](CC2CCCCC2C)NC(=O)[C@H](CC2CCCC(I)C2)NC(=O)CN(C)C(=O)[C@H](CC2CCC(C)CC2)N(C)C(=O)CN(C)C(=O)CN(C)C1=O. The van der Waals surface area contributed by atoms with Crippen molar-refractivity contribution in [1.82, 2.24) is 60.5 Å². The van der Waals surface area contributed by atoms with Crippen LogP contribution in [0.15, 0.2) is 0 Å². The molecule has 0 aromatic carbocycles. The van der Waals surface area contributed by atoms with Gasteiger partial charge < -0.3 is 60.5 Å². The van der Waals surface area contributed by atoms with E-state index in [1.54, 1.807) is 25.7 Å². The van der Waals surface area contributed by atoms with E-state index in [1.807, 2.05) is 34.6 Å². The van der Waals surface area contributed by atoms with E-state index < -0.39 is 151 Å². The molecule has 12 amide bonds. The van der Waals surface area contributed by atoms with Crippen LogP contribution in [0.2, 0.25) is 0 Å². The van der Waals surface area contributed by atoms with E-state index in [0.717, 1.165) is 83.5 Å². The molecule has 556 valence electrons. The van der Waals surface area contributed by atoms with Crippen molar-refractivity contribution in [3.63, 3.8) is 0 Å². The summed E-state index contributed by atoms with van der Waals surface area (Å²) in [6.07, 6.45) is 14.1. The lowest BCUT2D eigenvalue weighted by Crippen LogP contribution is -2.64. The average Bonchev–Trinajstić information content (AvgIpc) is 0.807. The fourth-order valence-electron chi connectivity index (χ4n) is 15.0. The zero-order valence-electron chi connectivity index (χ0n) is 62.7. The predicted molar refractivity (Wildman–Crippen MR) is 386 cm³/mol. The number of alkyl halides is 1. The smallest absolute Gasteiger partial charge is 0.246 e. The highest BCUT2D eigenvalue weighted by Crippen LogP contribution is 2.36. The van der Waals surface area contributed by atoms with Gasteiger partial charge in [-0.3, -0.25) is 57.5 Å². The summed E-state index contributed by atoms with van der Waals surface area (Å²) in [7, 11) is 10.3. The number of halogens is 1. The molecular formula is C73H125IN12O12. The maximum atomic E-state index is 15.5. The summed E-state index contributed by atoms with van der Waals surface area (Å²) in [4.78, 5) is 189. The molecule has 98 heavy (non-hydrogen) atoms. The summed E-state index contributed by atoms with van der Waals surface area (Å²) < 4.78 is 0.348. The molecule has 0 aromatic rings. The van der Waals surface area contributed by atoms with Crippen LogP contribution in [0.4, 0.5) is 0 Å². The Morgan fingerprint density at radius 3 is 1.73 bits per heavy atom. The van der Waals surface area contributed by atoms with Crippen molar-refractivity contribution < 1.29 is 57.5 Å². The average molecular weight is 1490 g/mol. The second kappa shape index (κ2) is 38.4. The second-order valence-corrected chi connectivity index (χ2v) is 33.3. The van der Waals surface area contributed by atoms with Crippen LogP contribution in [0.5, 0.6) is 0 Å². The van der Waals surface area contributed by atoms with Gasteiger partial charge in [-0.1, -0.05) is 149 Å². The summed E-state index contributed by atoms with van der Waals surface area (Å²) in [5.41, 5.74) is -1.66. The number of nitrogens with zero attached hydrogens (tertiary/aromatic N) is 8. The zero-order valence-corrected chi connectivity index (χ0v) is 64.8. The number of nitrogens with one attached hydrogen (secondary N) is 4. The van der Waals surface area contributed by atoms with E-state index in [1.165, 1.54) is 83.6 Å². The maximum Gasteiger partial charge on any atom is 0.246 e. The molecule has 4 unspecified atom stereocenters. The Morgan fingerprint density at radius 1 is 0.531 bits per heavy atom. The van der Waals surface area contributed by atoms with Crippen LogP contribution in [0.1, 0.15) is 210 Å². The first-order valence-corrected chi connectivity index (χ1v) is 38.1. The van der Waals surface area contributed by atoms with Crippen LogP contribution in [0.25, 0.3) is 0 Å². The predicted octanol–water partition coefficient (Wildman–Crippen LogP) is 6.39. The summed E-state index contributed by atoms with van der Waals surface area (Å²) in [6.45, 7) is 18.0. The standard InChI is InChI=1S/C73H125IN12O12/c1-18-48(7)64-71(97)81(13)43-62(89)79(11)44-63(90)83(15)58(39-50-31-29-47(6)30-32-50)69(95)80(12)42-60(87)75-54(38-51-26-24-28-53(74)37-51)65(91)76-56(40-52-27-21-20-25-49(52)8)68(94)85(17)73(9,10)72(98)77-55(35-45(2)3)67(93)84(16)59(70(96)86-33-22-19-23-34-86)41-61(88)82(14)57(36-46(4)5)66(92)78-64/h45-59,64H,18-44H2,1-17H3,(H,75,87)(H,76,91)(H,77,98)(H,78,92)/t47?,48-,49?,50?,51?,52?,53?,54-,55-,56-,57-,58-,59-,64-/m0/s1. The van der Waals surface area contributed by atoms with Crippen LogP contribution < -0.4 is 21.3 Å². The van der Waals surface area contributed by atoms with Crippen LogP contribution in [-0.2, 0) is 57.5 Å². The molecule has 2 saturated heterocycles. The minimum Gasteiger partial charge on any atom is -0.343 e. The van der Waals surface area contributed by atoms with Gasteiger partial charge >= 0.3 is 0 Å². The van der Waals surface area contributed by atoms with Crippen LogP contribution in [-0.4, -0.2) is 244 Å². The van der Waals surface area contributed by atoms with Crippen molar-refractivity contribution in [2.45, 2.75) is 262 Å². The fourth-order valence-corrected chi connectivity index (χ4v) is 16.1. The van der Waals surface area contributed by atoms with E-state index in [0.29, 0.717) is 48.6 Å². The van der Waals surface area contributed by atoms with Gasteiger partial charge in [-0.05, 0) is 125 Å². The van der Waals surface area contributed by atoms with Gasteiger partial charge in [0, 0.05) is 66.3 Å². The Morgan fingerprint density at radius 2 is 1.13 bits per heavy atom. The quantitative estimate of drug-likeness (QED) is 0.115. The molecular weight excluding hydrogens is 1360 g/mol. The minimum atomic E-state index is -1.66. The van der Waals surface area contributed by atoms with E-state index in [9.17, 15) is 38.4 Å². The number of hydrogen-bond donors (Lipinski definition) is 4. The maximum absolute atomic E-state index is 15.5. The molecule has 3 saturated carbocycles. The fraction of sp³-hybridized carbons (Fsp3) is 0.836. The molecule has 0 radical (unpaired) electrons. The number of piperidine rings is 1. The normalized spacial score (nSPS) is 30.9. The third-order valence-corrected chi connectivity index (χ3v) is 23.5. The monoisotopic (exact) mass is 1490 g/mol. The van der Waals surface area contributed by atoms with Gasteiger partial charge in [0.25, 0.3) is 0 Å². The molecule has 5 aliphatic rings. The largest absolute Gasteiger partial charge is 0.343 e. The molecule has 5 fully saturated rings. The molecule has 3 aliphatic carbocycles. The third-order valence-electron chi connectivity index (χ3n) is 22.3. The van der Waals surface area contributed by atoms with Gasteiger partial charge in [-0.15, -0.1) is 0 Å². The lowest BCUT2D eigenvalue weighted by atomic mass is 9.77. The number of hydrogen-bond acceptors (Lipinski definition) is 12. The summed E-state index contributed by atoms with van der Waals surface area (Å²) >= 11 is 2.43. The number of likely N-dealkylation sites (N-methyl/N-ethyl adjacent to an activating group) is 7. The van der Waals surface area contributed by atoms with E-state index >= 15 is 19.2 Å². The van der Waals surface area contributed by atoms with Crippen molar-refractivity contribution >= 4 is 93.5 Å². The van der Waals surface area contributed by atoms with E-state index in [4.69, 9.17) is 0 Å². The second-order valence-electron chi connectivity index (χ2n) is 31.5. The first kappa shape index (κ1) is 83.0. The minimum absolute atomic E-state index is 0.0271. The highest BCUT2D eigenvalue weighted by atomic mass is 127. The van der Waals surface area contributed by atoms with Gasteiger partial charge in [0.05, 0.1) is 26.1 Å². The lowest BCUT2D eigenvalue weighted by molar-refractivity contribution is -0.152. The molecule has 2 aliphatic heterocycles. The van der Waals surface area contributed by atoms with E-state index in [2.05, 4.69) is 57.7 Å². The zero-order chi connectivity index (χ0) is 73.2.